The van der Waals surface area contributed by atoms with E-state index in [0.717, 1.165) is 19.5 Å². The Labute approximate surface area is 91.8 Å². The minimum absolute atomic E-state index is 0.200. The molecule has 1 fully saturated rings. The van der Waals surface area contributed by atoms with Crippen molar-refractivity contribution < 1.29 is 9.53 Å². The molecule has 2 N–H and O–H groups in total. The topological polar surface area (TPSA) is 55.6 Å². The van der Waals surface area contributed by atoms with Gasteiger partial charge in [-0.15, -0.1) is 0 Å². The van der Waals surface area contributed by atoms with Crippen LogP contribution in [0.25, 0.3) is 0 Å². The summed E-state index contributed by atoms with van der Waals surface area (Å²) in [4.78, 5) is 13.3. The molecule has 88 valence electrons. The predicted octanol–water partition coefficient (Wildman–Crippen LogP) is 1.59. The molecule has 4 nitrogen and oxygen atoms in total. The van der Waals surface area contributed by atoms with Gasteiger partial charge in [0, 0.05) is 18.5 Å². The summed E-state index contributed by atoms with van der Waals surface area (Å²) in [5, 5.41) is 0. The lowest BCUT2D eigenvalue weighted by Gasteiger charge is -2.47. The van der Waals surface area contributed by atoms with E-state index in [1.54, 1.807) is 4.90 Å². The average Bonchev–Trinajstić information content (AvgIpc) is 1.96. The summed E-state index contributed by atoms with van der Waals surface area (Å²) in [5.74, 6) is 0. The van der Waals surface area contributed by atoms with E-state index in [1.165, 1.54) is 0 Å². The second-order valence-electron chi connectivity index (χ2n) is 5.69. The van der Waals surface area contributed by atoms with Gasteiger partial charge in [0.2, 0.25) is 0 Å². The van der Waals surface area contributed by atoms with E-state index in [1.807, 2.05) is 20.8 Å². The molecule has 0 aromatic rings. The standard InChI is InChI=1S/C11H22N2O2/c1-10(2,3)15-9(14)13-7-11(4,8-13)5-6-12/h5-8,12H2,1-4H3. The normalized spacial score (nSPS) is 19.7. The van der Waals surface area contributed by atoms with Gasteiger partial charge in [-0.3, -0.25) is 0 Å². The van der Waals surface area contributed by atoms with Gasteiger partial charge in [-0.05, 0) is 33.7 Å². The zero-order chi connectivity index (χ0) is 11.7. The number of hydrogen-bond acceptors (Lipinski definition) is 3. The number of nitrogens with zero attached hydrogens (tertiary/aromatic N) is 1. The summed E-state index contributed by atoms with van der Waals surface area (Å²) in [6, 6.07) is 0. The van der Waals surface area contributed by atoms with Gasteiger partial charge in [0.05, 0.1) is 0 Å². The molecule has 1 aliphatic heterocycles. The van der Waals surface area contributed by atoms with Crippen molar-refractivity contribution >= 4 is 6.09 Å². The van der Waals surface area contributed by atoms with Crippen LogP contribution in [0.4, 0.5) is 4.79 Å². The Morgan fingerprint density at radius 3 is 2.40 bits per heavy atom. The van der Waals surface area contributed by atoms with Crippen molar-refractivity contribution in [1.82, 2.24) is 4.90 Å². The number of ether oxygens (including phenoxy) is 1. The second-order valence-corrected chi connectivity index (χ2v) is 5.69. The van der Waals surface area contributed by atoms with Crippen molar-refractivity contribution in [3.05, 3.63) is 0 Å². The summed E-state index contributed by atoms with van der Waals surface area (Å²) in [6.07, 6.45) is 0.753. The molecule has 0 bridgehead atoms. The number of likely N-dealkylation sites (tertiary alicyclic amines) is 1. The van der Waals surface area contributed by atoms with Crippen molar-refractivity contribution in [2.24, 2.45) is 11.1 Å². The fourth-order valence-corrected chi connectivity index (χ4v) is 1.84. The third-order valence-corrected chi connectivity index (χ3v) is 2.54. The number of amides is 1. The Balaban J connectivity index is 2.35. The highest BCUT2D eigenvalue weighted by atomic mass is 16.6. The maximum absolute atomic E-state index is 11.6. The molecule has 15 heavy (non-hydrogen) atoms. The maximum atomic E-state index is 11.6. The van der Waals surface area contributed by atoms with Gasteiger partial charge in [-0.1, -0.05) is 6.92 Å². The zero-order valence-electron chi connectivity index (χ0n) is 10.2. The van der Waals surface area contributed by atoms with Gasteiger partial charge in [0.1, 0.15) is 5.60 Å². The quantitative estimate of drug-likeness (QED) is 0.759. The molecule has 0 radical (unpaired) electrons. The maximum Gasteiger partial charge on any atom is 0.410 e. The minimum Gasteiger partial charge on any atom is -0.444 e. The first-order valence-corrected chi connectivity index (χ1v) is 5.44. The molecule has 1 amide bonds. The first-order valence-electron chi connectivity index (χ1n) is 5.44. The summed E-state index contributed by atoms with van der Waals surface area (Å²) in [5.41, 5.74) is 5.31. The van der Waals surface area contributed by atoms with Crippen LogP contribution in [-0.2, 0) is 4.74 Å². The predicted molar refractivity (Wildman–Crippen MR) is 59.6 cm³/mol. The van der Waals surface area contributed by atoms with Crippen molar-refractivity contribution in [2.45, 2.75) is 39.7 Å². The molecule has 0 saturated carbocycles. The van der Waals surface area contributed by atoms with Crippen LogP contribution in [0.3, 0.4) is 0 Å². The molecule has 1 heterocycles. The van der Waals surface area contributed by atoms with Gasteiger partial charge >= 0.3 is 6.09 Å². The molecule has 0 aromatic carbocycles. The van der Waals surface area contributed by atoms with Gasteiger partial charge < -0.3 is 15.4 Å². The van der Waals surface area contributed by atoms with Gasteiger partial charge in [0.15, 0.2) is 0 Å². The fraction of sp³-hybridized carbons (Fsp3) is 0.909. The minimum atomic E-state index is -0.406. The summed E-state index contributed by atoms with van der Waals surface area (Å²) in [7, 11) is 0. The molecular formula is C11H22N2O2. The smallest absolute Gasteiger partial charge is 0.410 e. The lowest BCUT2D eigenvalue weighted by Crippen LogP contribution is -2.58. The molecule has 1 aliphatic rings. The van der Waals surface area contributed by atoms with Crippen molar-refractivity contribution in [3.8, 4) is 0 Å². The molecule has 1 saturated heterocycles. The number of hydrogen-bond donors (Lipinski definition) is 1. The van der Waals surface area contributed by atoms with E-state index in [2.05, 4.69) is 6.92 Å². The molecule has 0 atom stereocenters. The van der Waals surface area contributed by atoms with E-state index in [-0.39, 0.29) is 11.5 Å². The largest absolute Gasteiger partial charge is 0.444 e. The molecule has 0 unspecified atom stereocenters. The molecule has 0 aromatic heterocycles. The SMILES string of the molecule is CC1(CCN)CN(C(=O)OC(C)(C)C)C1. The highest BCUT2D eigenvalue weighted by Crippen LogP contribution is 2.33. The van der Waals surface area contributed by atoms with Gasteiger partial charge in [0.25, 0.3) is 0 Å². The van der Waals surface area contributed by atoms with E-state index < -0.39 is 5.60 Å². The Morgan fingerprint density at radius 1 is 1.47 bits per heavy atom. The van der Waals surface area contributed by atoms with Crippen molar-refractivity contribution in [2.75, 3.05) is 19.6 Å². The second kappa shape index (κ2) is 4.00. The monoisotopic (exact) mass is 214 g/mol. The van der Waals surface area contributed by atoms with Crippen LogP contribution in [0.15, 0.2) is 0 Å². The Hall–Kier alpha value is -0.770. The molecule has 0 spiro atoms. The lowest BCUT2D eigenvalue weighted by atomic mass is 9.79. The van der Waals surface area contributed by atoms with E-state index in [0.29, 0.717) is 6.54 Å². The van der Waals surface area contributed by atoms with Gasteiger partial charge in [-0.25, -0.2) is 4.79 Å². The van der Waals surface area contributed by atoms with Crippen LogP contribution in [0.1, 0.15) is 34.1 Å². The summed E-state index contributed by atoms with van der Waals surface area (Å²) in [6.45, 7) is 9.99. The molecular weight excluding hydrogens is 192 g/mol. The Bertz CT molecular complexity index is 239. The van der Waals surface area contributed by atoms with Crippen LogP contribution < -0.4 is 5.73 Å². The zero-order valence-corrected chi connectivity index (χ0v) is 10.2. The summed E-state index contributed by atoms with van der Waals surface area (Å²) >= 11 is 0. The Kier molecular flexibility index (Phi) is 3.28. The van der Waals surface area contributed by atoms with E-state index >= 15 is 0 Å². The van der Waals surface area contributed by atoms with Gasteiger partial charge in [-0.2, -0.15) is 0 Å². The third-order valence-electron chi connectivity index (χ3n) is 2.54. The average molecular weight is 214 g/mol. The first kappa shape index (κ1) is 12.3. The van der Waals surface area contributed by atoms with Crippen LogP contribution in [0.5, 0.6) is 0 Å². The van der Waals surface area contributed by atoms with Crippen LogP contribution in [0.2, 0.25) is 0 Å². The van der Waals surface area contributed by atoms with Crippen LogP contribution >= 0.6 is 0 Å². The van der Waals surface area contributed by atoms with Crippen molar-refractivity contribution in [1.29, 1.82) is 0 Å². The van der Waals surface area contributed by atoms with Crippen LogP contribution in [-0.4, -0.2) is 36.2 Å². The van der Waals surface area contributed by atoms with E-state index in [4.69, 9.17) is 10.5 Å². The molecule has 0 aliphatic carbocycles. The number of rotatable bonds is 2. The van der Waals surface area contributed by atoms with Crippen molar-refractivity contribution in [3.63, 3.8) is 0 Å². The highest BCUT2D eigenvalue weighted by Gasteiger charge is 2.42. The number of carbonyl (C=O) groups excluding carboxylic acids is 1. The molecule has 4 heteroatoms. The lowest BCUT2D eigenvalue weighted by molar-refractivity contribution is -0.0297. The number of carbonyl (C=O) groups is 1. The fourth-order valence-electron chi connectivity index (χ4n) is 1.84. The molecule has 1 rings (SSSR count). The Morgan fingerprint density at radius 2 is 2.00 bits per heavy atom. The number of nitrogens with two attached hydrogens (primary N) is 1. The van der Waals surface area contributed by atoms with E-state index in [9.17, 15) is 4.79 Å². The third kappa shape index (κ3) is 3.38. The summed E-state index contributed by atoms with van der Waals surface area (Å²) < 4.78 is 5.27. The first-order chi connectivity index (χ1) is 6.76. The highest BCUT2D eigenvalue weighted by molar-refractivity contribution is 5.69. The van der Waals surface area contributed by atoms with Crippen LogP contribution in [0, 0.1) is 5.41 Å².